The summed E-state index contributed by atoms with van der Waals surface area (Å²) >= 11 is 0. The first-order chi connectivity index (χ1) is 14.0. The van der Waals surface area contributed by atoms with Crippen molar-refractivity contribution in [3.05, 3.63) is 87.6 Å². The van der Waals surface area contributed by atoms with Gasteiger partial charge in [-0.1, -0.05) is 24.3 Å². The second kappa shape index (κ2) is 9.14. The standard InChI is InChI=1S/C22H22FN3O3/c1-15-7-5-8-17(13-15)29-12-6-11-24-22(28)21-20(27)14-16(2)26(25-21)19-10-4-3-9-18(19)23/h3-5,7-10,13-14H,6,11-12H2,1-2H3,(H,24,28). The molecule has 0 unspecified atom stereocenters. The van der Waals surface area contributed by atoms with Crippen LogP contribution in [0.1, 0.15) is 28.2 Å². The maximum atomic E-state index is 14.1. The molecule has 150 valence electrons. The van der Waals surface area contributed by atoms with Crippen molar-refractivity contribution in [3.63, 3.8) is 0 Å². The van der Waals surface area contributed by atoms with Gasteiger partial charge in [0.2, 0.25) is 5.43 Å². The lowest BCUT2D eigenvalue weighted by Crippen LogP contribution is -2.33. The minimum absolute atomic E-state index is 0.172. The van der Waals surface area contributed by atoms with Crippen molar-refractivity contribution in [2.75, 3.05) is 13.2 Å². The fraction of sp³-hybridized carbons (Fsp3) is 0.227. The Morgan fingerprint density at radius 3 is 2.69 bits per heavy atom. The highest BCUT2D eigenvalue weighted by Gasteiger charge is 2.16. The number of benzene rings is 2. The van der Waals surface area contributed by atoms with E-state index in [0.717, 1.165) is 11.3 Å². The Kier molecular flexibility index (Phi) is 6.39. The summed E-state index contributed by atoms with van der Waals surface area (Å²) in [7, 11) is 0. The molecule has 1 amide bonds. The molecular weight excluding hydrogens is 373 g/mol. The molecule has 0 aliphatic carbocycles. The van der Waals surface area contributed by atoms with Gasteiger partial charge in [0.25, 0.3) is 5.91 Å². The Morgan fingerprint density at radius 2 is 1.93 bits per heavy atom. The van der Waals surface area contributed by atoms with E-state index in [-0.39, 0.29) is 11.4 Å². The number of carbonyl (C=O) groups is 1. The zero-order valence-electron chi connectivity index (χ0n) is 16.3. The molecule has 0 saturated heterocycles. The number of amides is 1. The van der Waals surface area contributed by atoms with E-state index in [9.17, 15) is 14.0 Å². The highest BCUT2D eigenvalue weighted by atomic mass is 19.1. The van der Waals surface area contributed by atoms with Crippen LogP contribution < -0.4 is 15.5 Å². The Morgan fingerprint density at radius 1 is 1.14 bits per heavy atom. The predicted octanol–water partition coefficient (Wildman–Crippen LogP) is 3.19. The third-order valence-corrected chi connectivity index (χ3v) is 4.27. The number of rotatable bonds is 7. The van der Waals surface area contributed by atoms with Crippen LogP contribution in [0.2, 0.25) is 0 Å². The molecule has 6 nitrogen and oxygen atoms in total. The minimum atomic E-state index is -0.601. The number of nitrogens with one attached hydrogen (secondary N) is 1. The summed E-state index contributed by atoms with van der Waals surface area (Å²) < 4.78 is 21.0. The first-order valence-corrected chi connectivity index (χ1v) is 9.29. The molecule has 0 radical (unpaired) electrons. The topological polar surface area (TPSA) is 73.2 Å². The summed E-state index contributed by atoms with van der Waals surface area (Å²) in [5.74, 6) is -0.327. The normalized spacial score (nSPS) is 10.6. The smallest absolute Gasteiger partial charge is 0.275 e. The van der Waals surface area contributed by atoms with Crippen LogP contribution in [-0.2, 0) is 0 Å². The molecule has 3 aromatic rings. The largest absolute Gasteiger partial charge is 0.494 e. The van der Waals surface area contributed by atoms with E-state index in [1.54, 1.807) is 19.1 Å². The van der Waals surface area contributed by atoms with Gasteiger partial charge in [-0.05, 0) is 50.1 Å². The van der Waals surface area contributed by atoms with Crippen LogP contribution >= 0.6 is 0 Å². The number of halogens is 1. The average Bonchev–Trinajstić information content (AvgIpc) is 2.68. The Hall–Kier alpha value is -3.48. The predicted molar refractivity (Wildman–Crippen MR) is 108 cm³/mol. The van der Waals surface area contributed by atoms with Crippen molar-refractivity contribution < 1.29 is 13.9 Å². The molecule has 0 bridgehead atoms. The van der Waals surface area contributed by atoms with E-state index < -0.39 is 17.2 Å². The molecule has 3 rings (SSSR count). The van der Waals surface area contributed by atoms with E-state index in [2.05, 4.69) is 10.4 Å². The van der Waals surface area contributed by atoms with E-state index in [0.29, 0.717) is 25.3 Å². The highest BCUT2D eigenvalue weighted by molar-refractivity contribution is 5.92. The van der Waals surface area contributed by atoms with E-state index in [4.69, 9.17) is 4.74 Å². The lowest BCUT2D eigenvalue weighted by atomic mass is 10.2. The second-order valence-corrected chi connectivity index (χ2v) is 6.64. The lowest BCUT2D eigenvalue weighted by molar-refractivity contribution is 0.0943. The van der Waals surface area contributed by atoms with Gasteiger partial charge in [-0.25, -0.2) is 9.07 Å². The summed E-state index contributed by atoms with van der Waals surface area (Å²) in [6.45, 7) is 4.35. The monoisotopic (exact) mass is 395 g/mol. The van der Waals surface area contributed by atoms with Gasteiger partial charge in [-0.15, -0.1) is 0 Å². The molecule has 0 aliphatic heterocycles. The number of nitrogens with zero attached hydrogens (tertiary/aromatic N) is 2. The minimum Gasteiger partial charge on any atom is -0.494 e. The summed E-state index contributed by atoms with van der Waals surface area (Å²) in [6, 6.07) is 15.0. The molecule has 1 aromatic heterocycles. The Bertz CT molecular complexity index is 1080. The molecule has 0 atom stereocenters. The van der Waals surface area contributed by atoms with Crippen LogP contribution in [0.25, 0.3) is 5.69 Å². The van der Waals surface area contributed by atoms with Crippen molar-refractivity contribution in [3.8, 4) is 11.4 Å². The maximum absolute atomic E-state index is 14.1. The number of para-hydroxylation sites is 1. The van der Waals surface area contributed by atoms with Crippen LogP contribution in [-0.4, -0.2) is 28.8 Å². The van der Waals surface area contributed by atoms with Crippen LogP contribution in [0.5, 0.6) is 5.75 Å². The van der Waals surface area contributed by atoms with Crippen LogP contribution in [0.15, 0.2) is 59.4 Å². The summed E-state index contributed by atoms with van der Waals surface area (Å²) in [4.78, 5) is 24.6. The summed E-state index contributed by atoms with van der Waals surface area (Å²) in [5.41, 5.74) is 0.920. The van der Waals surface area contributed by atoms with Crippen LogP contribution in [0.4, 0.5) is 4.39 Å². The molecule has 2 aromatic carbocycles. The van der Waals surface area contributed by atoms with Gasteiger partial charge in [0.1, 0.15) is 17.3 Å². The van der Waals surface area contributed by atoms with Crippen molar-refractivity contribution in [2.45, 2.75) is 20.3 Å². The zero-order valence-corrected chi connectivity index (χ0v) is 16.3. The van der Waals surface area contributed by atoms with Crippen LogP contribution in [0, 0.1) is 19.7 Å². The molecule has 1 N–H and O–H groups in total. The fourth-order valence-corrected chi connectivity index (χ4v) is 2.82. The second-order valence-electron chi connectivity index (χ2n) is 6.64. The third-order valence-electron chi connectivity index (χ3n) is 4.27. The molecular formula is C22H22FN3O3. The average molecular weight is 395 g/mol. The molecule has 0 saturated carbocycles. The number of aromatic nitrogens is 2. The van der Waals surface area contributed by atoms with Crippen molar-refractivity contribution >= 4 is 5.91 Å². The van der Waals surface area contributed by atoms with E-state index >= 15 is 0 Å². The molecule has 1 heterocycles. The summed E-state index contributed by atoms with van der Waals surface area (Å²) in [6.07, 6.45) is 0.563. The Balaban J connectivity index is 1.63. The fourth-order valence-electron chi connectivity index (χ4n) is 2.82. The van der Waals surface area contributed by atoms with Gasteiger partial charge in [0.05, 0.1) is 6.61 Å². The van der Waals surface area contributed by atoms with E-state index in [1.165, 1.54) is 22.9 Å². The van der Waals surface area contributed by atoms with E-state index in [1.807, 2.05) is 31.2 Å². The third kappa shape index (κ3) is 5.07. The zero-order chi connectivity index (χ0) is 20.8. The quantitative estimate of drug-likeness (QED) is 0.624. The van der Waals surface area contributed by atoms with Gasteiger partial charge in [0.15, 0.2) is 5.69 Å². The van der Waals surface area contributed by atoms with Crippen molar-refractivity contribution in [2.24, 2.45) is 0 Å². The number of aryl methyl sites for hydroxylation is 2. The molecule has 7 heteroatoms. The number of carbonyl (C=O) groups excluding carboxylic acids is 1. The number of hydrogen-bond donors (Lipinski definition) is 1. The van der Waals surface area contributed by atoms with Crippen LogP contribution in [0.3, 0.4) is 0 Å². The molecule has 29 heavy (non-hydrogen) atoms. The summed E-state index contributed by atoms with van der Waals surface area (Å²) in [5, 5.41) is 6.74. The molecule has 0 fully saturated rings. The van der Waals surface area contributed by atoms with Gasteiger partial charge in [-0.3, -0.25) is 9.59 Å². The van der Waals surface area contributed by atoms with Gasteiger partial charge >= 0.3 is 0 Å². The van der Waals surface area contributed by atoms with Gasteiger partial charge in [0, 0.05) is 18.3 Å². The first-order valence-electron chi connectivity index (χ1n) is 9.29. The first kappa shape index (κ1) is 20.3. The Labute approximate surface area is 168 Å². The highest BCUT2D eigenvalue weighted by Crippen LogP contribution is 2.13. The van der Waals surface area contributed by atoms with Crippen molar-refractivity contribution in [1.82, 2.24) is 15.1 Å². The molecule has 0 aliphatic rings. The van der Waals surface area contributed by atoms with Crippen molar-refractivity contribution in [1.29, 1.82) is 0 Å². The molecule has 0 spiro atoms. The van der Waals surface area contributed by atoms with Gasteiger partial charge in [-0.2, -0.15) is 5.10 Å². The van der Waals surface area contributed by atoms with Gasteiger partial charge < -0.3 is 10.1 Å². The maximum Gasteiger partial charge on any atom is 0.275 e. The number of hydrogen-bond acceptors (Lipinski definition) is 4. The lowest BCUT2D eigenvalue weighted by Gasteiger charge is -2.12. The number of ether oxygens (including phenoxy) is 1. The SMILES string of the molecule is Cc1cccc(OCCCNC(=O)c2nn(-c3ccccc3F)c(C)cc2=O)c1.